The molecule has 0 radical (unpaired) electrons. The number of phenolic OH excluding ortho intramolecular Hbond substituents is 1. The molecule has 1 aromatic carbocycles. The number of esters is 1. The van der Waals surface area contributed by atoms with Gasteiger partial charge in [0.05, 0.1) is 22.9 Å². The highest BCUT2D eigenvalue weighted by Gasteiger charge is 2.29. The van der Waals surface area contributed by atoms with Crippen molar-refractivity contribution in [3.8, 4) is 5.75 Å². The number of carbonyl (C=O) groups excluding carboxylic acids is 2. The first-order valence-corrected chi connectivity index (χ1v) is 13.2. The lowest BCUT2D eigenvalue weighted by Gasteiger charge is -2.38. The quantitative estimate of drug-likeness (QED) is 0.291. The van der Waals surface area contributed by atoms with Gasteiger partial charge < -0.3 is 19.6 Å². The monoisotopic (exact) mass is 518 g/mol. The molecule has 0 saturated carbocycles. The van der Waals surface area contributed by atoms with E-state index in [0.29, 0.717) is 17.7 Å². The van der Waals surface area contributed by atoms with Crippen molar-refractivity contribution >= 4 is 29.2 Å². The second-order valence-corrected chi connectivity index (χ2v) is 9.14. The lowest BCUT2D eigenvalue weighted by Crippen LogP contribution is -2.48. The van der Waals surface area contributed by atoms with E-state index in [1.54, 1.807) is 6.08 Å². The average Bonchev–Trinajstić information content (AvgIpc) is 2.86. The summed E-state index contributed by atoms with van der Waals surface area (Å²) in [6, 6.07) is 3.21. The number of ether oxygens (including phenoxy) is 1. The summed E-state index contributed by atoms with van der Waals surface area (Å²) in [5.74, 6) is -0.752. The molecule has 3 rings (SSSR count). The van der Waals surface area contributed by atoms with Crippen LogP contribution in [0.5, 0.6) is 5.75 Å². The van der Waals surface area contributed by atoms with Gasteiger partial charge >= 0.3 is 5.97 Å². The van der Waals surface area contributed by atoms with Gasteiger partial charge in [0.2, 0.25) is 0 Å². The number of halogens is 1. The van der Waals surface area contributed by atoms with Gasteiger partial charge in [-0.25, -0.2) is 4.79 Å². The molecule has 2 aliphatic heterocycles. The summed E-state index contributed by atoms with van der Waals surface area (Å²) in [5, 5.41) is 14.4. The summed E-state index contributed by atoms with van der Waals surface area (Å²) in [6.07, 6.45) is 13.2. The van der Waals surface area contributed by atoms with Gasteiger partial charge in [0.25, 0.3) is 5.91 Å². The van der Waals surface area contributed by atoms with E-state index in [2.05, 4.69) is 19.0 Å². The third-order valence-corrected chi connectivity index (χ3v) is 6.57. The molecule has 0 bridgehead atoms. The van der Waals surface area contributed by atoms with Gasteiger partial charge in [0.1, 0.15) is 5.75 Å². The summed E-state index contributed by atoms with van der Waals surface area (Å²) in [6.45, 7) is 8.19. The number of rotatable bonds is 3. The van der Waals surface area contributed by atoms with Gasteiger partial charge in [0.15, 0.2) is 6.61 Å². The topological polar surface area (TPSA) is 88.4 Å². The smallest absolute Gasteiger partial charge is 0.338 e. The first-order valence-electron chi connectivity index (χ1n) is 12.9. The second-order valence-electron chi connectivity index (χ2n) is 8.76. The molecular formula is C28H39ClN2O5. The van der Waals surface area contributed by atoms with Crippen molar-refractivity contribution in [2.45, 2.75) is 84.7 Å². The number of carbonyl (C=O) groups is 2. The molecule has 1 N–H and O–H groups in total. The number of cyclic esters (lactones) is 1. The maximum Gasteiger partial charge on any atom is 0.338 e. The Balaban J connectivity index is 0.00000222. The van der Waals surface area contributed by atoms with Crippen molar-refractivity contribution in [3.05, 3.63) is 52.6 Å². The number of aromatic hydroxyl groups is 1. The van der Waals surface area contributed by atoms with Gasteiger partial charge in [-0.1, -0.05) is 48.8 Å². The molecule has 2 aliphatic rings. The zero-order chi connectivity index (χ0) is 26.5. The van der Waals surface area contributed by atoms with Crippen molar-refractivity contribution in [1.29, 1.82) is 0 Å². The molecule has 8 heteroatoms. The predicted molar refractivity (Wildman–Crippen MR) is 144 cm³/mol. The SMILES string of the molecule is CC.CC1CCCC(C)N1C(=O)CO/N=C1\C=C\CC/C=C/CCOC(=O)c2ccc(O)c(Cl)c2C1. The van der Waals surface area contributed by atoms with Crippen LogP contribution >= 0.6 is 11.6 Å². The van der Waals surface area contributed by atoms with E-state index in [4.69, 9.17) is 21.2 Å². The molecule has 0 aliphatic carbocycles. The Kier molecular flexibility index (Phi) is 12.5. The number of likely N-dealkylation sites (tertiary alicyclic amines) is 1. The van der Waals surface area contributed by atoms with Crippen molar-refractivity contribution in [1.82, 2.24) is 4.90 Å². The van der Waals surface area contributed by atoms with Crippen LogP contribution in [-0.4, -0.2) is 52.9 Å². The Morgan fingerprint density at radius 3 is 2.53 bits per heavy atom. The van der Waals surface area contributed by atoms with E-state index in [1.807, 2.05) is 37.0 Å². The number of hydrogen-bond donors (Lipinski definition) is 1. The maximum absolute atomic E-state index is 12.8. The van der Waals surface area contributed by atoms with Crippen LogP contribution in [0.3, 0.4) is 0 Å². The van der Waals surface area contributed by atoms with Crippen LogP contribution in [0.4, 0.5) is 0 Å². The largest absolute Gasteiger partial charge is 0.506 e. The van der Waals surface area contributed by atoms with E-state index >= 15 is 0 Å². The van der Waals surface area contributed by atoms with E-state index in [0.717, 1.165) is 32.1 Å². The van der Waals surface area contributed by atoms with Crippen molar-refractivity contribution in [2.75, 3.05) is 13.2 Å². The molecule has 1 amide bonds. The number of piperidine rings is 1. The number of hydrogen-bond acceptors (Lipinski definition) is 6. The highest BCUT2D eigenvalue weighted by atomic mass is 35.5. The normalized spacial score (nSPS) is 23.9. The molecule has 0 spiro atoms. The van der Waals surface area contributed by atoms with E-state index in [9.17, 15) is 14.7 Å². The number of phenols is 1. The summed E-state index contributed by atoms with van der Waals surface area (Å²) in [7, 11) is 0. The number of oxime groups is 1. The van der Waals surface area contributed by atoms with Crippen molar-refractivity contribution in [3.63, 3.8) is 0 Å². The summed E-state index contributed by atoms with van der Waals surface area (Å²) in [4.78, 5) is 32.8. The lowest BCUT2D eigenvalue weighted by molar-refractivity contribution is -0.142. The van der Waals surface area contributed by atoms with Gasteiger partial charge in [-0.05, 0) is 76.1 Å². The summed E-state index contributed by atoms with van der Waals surface area (Å²) in [5.41, 5.74) is 1.14. The second kappa shape index (κ2) is 15.3. The Morgan fingerprint density at radius 1 is 1.14 bits per heavy atom. The fraction of sp³-hybridized carbons (Fsp3) is 0.536. The molecule has 0 aromatic heterocycles. The molecule has 36 heavy (non-hydrogen) atoms. The van der Waals surface area contributed by atoms with Gasteiger partial charge in [-0.3, -0.25) is 4.79 Å². The molecule has 1 fully saturated rings. The van der Waals surface area contributed by atoms with Crippen molar-refractivity contribution < 1.29 is 24.3 Å². The molecule has 1 aromatic rings. The molecule has 2 unspecified atom stereocenters. The van der Waals surface area contributed by atoms with Crippen LogP contribution in [0.2, 0.25) is 5.02 Å². The van der Waals surface area contributed by atoms with Gasteiger partial charge in [-0.2, -0.15) is 0 Å². The fourth-order valence-corrected chi connectivity index (χ4v) is 4.61. The van der Waals surface area contributed by atoms with Gasteiger partial charge in [-0.15, -0.1) is 0 Å². The summed E-state index contributed by atoms with van der Waals surface area (Å²) >= 11 is 6.36. The van der Waals surface area contributed by atoms with Crippen LogP contribution in [0, 0.1) is 0 Å². The van der Waals surface area contributed by atoms with Gasteiger partial charge in [0, 0.05) is 18.5 Å². The van der Waals surface area contributed by atoms with Crippen LogP contribution in [0.25, 0.3) is 0 Å². The standard InChI is InChI=1S/C26H33ClN2O5.C2H6/c1-18-10-9-11-19(2)29(18)24(31)17-34-28-20-12-7-5-3-4-6-8-15-33-26(32)21-13-14-23(30)25(27)22(21)16-20;1-2/h4,6-7,12-14,18-19,30H,3,5,8-11,15-17H2,1-2H3;1-2H3/b6-4+,12-7+,28-20+;. The zero-order valence-corrected chi connectivity index (χ0v) is 22.6. The van der Waals surface area contributed by atoms with Crippen molar-refractivity contribution in [2.24, 2.45) is 5.16 Å². The first-order chi connectivity index (χ1) is 17.4. The number of fused-ring (bicyclic) bond motifs is 1. The Morgan fingerprint density at radius 2 is 1.81 bits per heavy atom. The first kappa shape index (κ1) is 29.4. The Bertz CT molecular complexity index is 963. The van der Waals surface area contributed by atoms with Crippen LogP contribution < -0.4 is 0 Å². The predicted octanol–water partition coefficient (Wildman–Crippen LogP) is 6.23. The van der Waals surface area contributed by atoms with Crippen LogP contribution in [0.15, 0.2) is 41.6 Å². The van der Waals surface area contributed by atoms with E-state index in [1.165, 1.54) is 12.1 Å². The highest BCUT2D eigenvalue weighted by Crippen LogP contribution is 2.31. The van der Waals surface area contributed by atoms with Crippen LogP contribution in [0.1, 0.15) is 82.1 Å². The number of nitrogens with zero attached hydrogens (tertiary/aromatic N) is 2. The minimum absolute atomic E-state index is 0.0644. The Labute approximate surface area is 219 Å². The number of benzene rings is 1. The lowest BCUT2D eigenvalue weighted by atomic mass is 9.97. The summed E-state index contributed by atoms with van der Waals surface area (Å²) < 4.78 is 5.37. The highest BCUT2D eigenvalue weighted by molar-refractivity contribution is 6.33. The number of allylic oxidation sites excluding steroid dienone is 3. The molecule has 2 atom stereocenters. The molecular weight excluding hydrogens is 480 g/mol. The number of amides is 1. The minimum atomic E-state index is -0.519. The molecule has 7 nitrogen and oxygen atoms in total. The third-order valence-electron chi connectivity index (χ3n) is 6.15. The van der Waals surface area contributed by atoms with Crippen LogP contribution in [-0.2, 0) is 20.8 Å². The molecule has 1 saturated heterocycles. The van der Waals surface area contributed by atoms with E-state index < -0.39 is 5.97 Å². The molecule has 198 valence electrons. The molecule has 2 heterocycles. The third kappa shape index (κ3) is 8.40. The fourth-order valence-electron chi connectivity index (χ4n) is 4.38. The maximum atomic E-state index is 12.8. The minimum Gasteiger partial charge on any atom is -0.506 e. The Hall–Kier alpha value is -2.80. The zero-order valence-electron chi connectivity index (χ0n) is 21.8. The average molecular weight is 519 g/mol. The van der Waals surface area contributed by atoms with E-state index in [-0.39, 0.29) is 54.0 Å².